The van der Waals surface area contributed by atoms with Gasteiger partial charge in [-0.15, -0.1) is 11.3 Å². The van der Waals surface area contributed by atoms with E-state index in [0.29, 0.717) is 10.8 Å². The topological polar surface area (TPSA) is 63.2 Å². The van der Waals surface area contributed by atoms with E-state index in [1.807, 2.05) is 24.3 Å². The molecule has 1 atom stereocenters. The average molecular weight is 420 g/mol. The van der Waals surface area contributed by atoms with Gasteiger partial charge >= 0.3 is 0 Å². The summed E-state index contributed by atoms with van der Waals surface area (Å²) in [6.45, 7) is 1.80. The lowest BCUT2D eigenvalue weighted by Gasteiger charge is -2.34. The van der Waals surface area contributed by atoms with Crippen LogP contribution in [0.15, 0.2) is 41.6 Å². The largest absolute Gasteiger partial charge is 0.497 e. The van der Waals surface area contributed by atoms with Crippen molar-refractivity contribution in [3.05, 3.63) is 45.6 Å². The second-order valence-corrected chi connectivity index (χ2v) is 8.62. The van der Waals surface area contributed by atoms with Gasteiger partial charge < -0.3 is 19.8 Å². The number of ether oxygens (including phenoxy) is 1. The Morgan fingerprint density at radius 1 is 1.25 bits per heavy atom. The first kappa shape index (κ1) is 19.1. The first-order valence-electron chi connectivity index (χ1n) is 9.30. The molecule has 1 N–H and O–H groups in total. The summed E-state index contributed by atoms with van der Waals surface area (Å²) in [7, 11) is 1.67. The van der Waals surface area contributed by atoms with Gasteiger partial charge in [0.2, 0.25) is 6.10 Å². The summed E-state index contributed by atoms with van der Waals surface area (Å²) in [5.41, 5.74) is 1.96. The lowest BCUT2D eigenvalue weighted by molar-refractivity contribution is -0.132. The van der Waals surface area contributed by atoms with Crippen LogP contribution >= 0.6 is 22.9 Å². The second kappa shape index (κ2) is 8.41. The van der Waals surface area contributed by atoms with Crippen LogP contribution in [0.5, 0.6) is 5.75 Å². The van der Waals surface area contributed by atoms with Gasteiger partial charge in [0, 0.05) is 31.2 Å². The van der Waals surface area contributed by atoms with Gasteiger partial charge in [-0.1, -0.05) is 16.8 Å². The summed E-state index contributed by atoms with van der Waals surface area (Å²) in [5.74, 6) is 0.762. The predicted molar refractivity (Wildman–Crippen MR) is 112 cm³/mol. The summed E-state index contributed by atoms with van der Waals surface area (Å²) in [5, 5.41) is 7.19. The standard InChI is InChI=1S/C20H22ClN3O3S/c1-26-15-4-2-14(3-5-15)24-10-8-13(9-11-24)22-20(25)17-12-16(23-27-17)18-6-7-19(21)28-18/h2-7,13,17H,8-12H2,1H3,(H,22,25). The quantitative estimate of drug-likeness (QED) is 0.802. The summed E-state index contributed by atoms with van der Waals surface area (Å²) in [6.07, 6.45) is 1.72. The van der Waals surface area contributed by atoms with Crippen molar-refractivity contribution in [1.29, 1.82) is 0 Å². The number of carbonyl (C=O) groups excluding carboxylic acids is 1. The van der Waals surface area contributed by atoms with Gasteiger partial charge in [0.15, 0.2) is 0 Å². The van der Waals surface area contributed by atoms with Crippen molar-refractivity contribution in [2.24, 2.45) is 5.16 Å². The van der Waals surface area contributed by atoms with Gasteiger partial charge in [-0.2, -0.15) is 0 Å². The number of methoxy groups -OCH3 is 1. The highest BCUT2D eigenvalue weighted by Crippen LogP contribution is 2.27. The number of piperidine rings is 1. The zero-order valence-electron chi connectivity index (χ0n) is 15.6. The van der Waals surface area contributed by atoms with Crippen LogP contribution in [0.2, 0.25) is 4.34 Å². The number of amides is 1. The maximum Gasteiger partial charge on any atom is 0.264 e. The van der Waals surface area contributed by atoms with Gasteiger partial charge in [0.25, 0.3) is 5.91 Å². The van der Waals surface area contributed by atoms with Crippen molar-refractivity contribution < 1.29 is 14.4 Å². The number of thiophene rings is 1. The van der Waals surface area contributed by atoms with E-state index < -0.39 is 6.10 Å². The molecule has 6 nitrogen and oxygen atoms in total. The molecule has 1 fully saturated rings. The van der Waals surface area contributed by atoms with Gasteiger partial charge in [-0.3, -0.25) is 4.79 Å². The van der Waals surface area contributed by atoms with Gasteiger partial charge in [0.1, 0.15) is 11.5 Å². The Balaban J connectivity index is 1.25. The maximum absolute atomic E-state index is 12.6. The van der Waals surface area contributed by atoms with Crippen molar-refractivity contribution in [3.63, 3.8) is 0 Å². The van der Waals surface area contributed by atoms with Crippen LogP contribution in [0.4, 0.5) is 5.69 Å². The van der Waals surface area contributed by atoms with Crippen LogP contribution in [-0.2, 0) is 9.63 Å². The van der Waals surface area contributed by atoms with Gasteiger partial charge in [-0.25, -0.2) is 0 Å². The van der Waals surface area contributed by atoms with Crippen molar-refractivity contribution in [2.75, 3.05) is 25.1 Å². The van der Waals surface area contributed by atoms with Crippen LogP contribution in [0.1, 0.15) is 24.1 Å². The number of nitrogens with one attached hydrogen (secondary N) is 1. The molecule has 28 heavy (non-hydrogen) atoms. The van der Waals surface area contributed by atoms with E-state index >= 15 is 0 Å². The summed E-state index contributed by atoms with van der Waals surface area (Å²) in [4.78, 5) is 21.2. The fourth-order valence-corrected chi connectivity index (χ4v) is 4.54. The highest BCUT2D eigenvalue weighted by molar-refractivity contribution is 7.18. The number of nitrogens with zero attached hydrogens (tertiary/aromatic N) is 2. The summed E-state index contributed by atoms with van der Waals surface area (Å²) < 4.78 is 5.91. The number of rotatable bonds is 5. The fraction of sp³-hybridized carbons (Fsp3) is 0.400. The normalized spacial score (nSPS) is 19.9. The number of anilines is 1. The third-order valence-electron chi connectivity index (χ3n) is 5.10. The minimum absolute atomic E-state index is 0.0932. The molecule has 0 bridgehead atoms. The number of oxime groups is 1. The van der Waals surface area contributed by atoms with Crippen LogP contribution in [0, 0.1) is 0 Å². The SMILES string of the molecule is COc1ccc(N2CCC(NC(=O)C3CC(c4ccc(Cl)s4)=NO3)CC2)cc1. The molecular weight excluding hydrogens is 398 g/mol. The predicted octanol–water partition coefficient (Wildman–Crippen LogP) is 3.69. The van der Waals surface area contributed by atoms with E-state index in [-0.39, 0.29) is 11.9 Å². The smallest absolute Gasteiger partial charge is 0.264 e. The number of benzene rings is 1. The molecule has 2 aliphatic rings. The molecule has 3 heterocycles. The van der Waals surface area contributed by atoms with Gasteiger partial charge in [0.05, 0.1) is 16.3 Å². The lowest BCUT2D eigenvalue weighted by atomic mass is 10.0. The Bertz CT molecular complexity index is 860. The van der Waals surface area contributed by atoms with Crippen molar-refractivity contribution in [3.8, 4) is 5.75 Å². The Kier molecular flexibility index (Phi) is 5.73. The zero-order chi connectivity index (χ0) is 19.5. The highest BCUT2D eigenvalue weighted by atomic mass is 35.5. The Morgan fingerprint density at radius 2 is 2.00 bits per heavy atom. The van der Waals surface area contributed by atoms with Crippen molar-refractivity contribution in [2.45, 2.75) is 31.4 Å². The maximum atomic E-state index is 12.6. The first-order valence-corrected chi connectivity index (χ1v) is 10.5. The van der Waals surface area contributed by atoms with E-state index in [1.54, 1.807) is 7.11 Å². The minimum Gasteiger partial charge on any atom is -0.497 e. The average Bonchev–Trinajstić information content (AvgIpc) is 3.38. The molecule has 1 aromatic carbocycles. The molecule has 2 aliphatic heterocycles. The highest BCUT2D eigenvalue weighted by Gasteiger charge is 2.31. The monoisotopic (exact) mass is 419 g/mol. The molecule has 2 aromatic rings. The molecular formula is C20H22ClN3O3S. The Labute approximate surface area is 173 Å². The van der Waals surface area contributed by atoms with Crippen LogP contribution in [0.25, 0.3) is 0 Å². The molecule has 1 unspecified atom stereocenters. The van der Waals surface area contributed by atoms with E-state index in [1.165, 1.54) is 17.0 Å². The number of carbonyl (C=O) groups is 1. The number of halogens is 1. The molecule has 1 saturated heterocycles. The molecule has 8 heteroatoms. The molecule has 4 rings (SSSR count). The molecule has 1 amide bonds. The van der Waals surface area contributed by atoms with E-state index in [9.17, 15) is 4.79 Å². The third-order valence-corrected chi connectivity index (χ3v) is 6.38. The third kappa shape index (κ3) is 4.25. The fourth-order valence-electron chi connectivity index (χ4n) is 3.50. The number of hydrogen-bond donors (Lipinski definition) is 1. The molecule has 1 aromatic heterocycles. The van der Waals surface area contributed by atoms with Gasteiger partial charge in [-0.05, 0) is 49.2 Å². The first-order chi connectivity index (χ1) is 13.6. The summed E-state index contributed by atoms with van der Waals surface area (Å²) in [6, 6.07) is 12.0. The van der Waals surface area contributed by atoms with Crippen molar-refractivity contribution >= 4 is 40.2 Å². The van der Waals surface area contributed by atoms with Crippen LogP contribution in [-0.4, -0.2) is 44.0 Å². The molecule has 0 aliphatic carbocycles. The van der Waals surface area contributed by atoms with E-state index in [0.717, 1.165) is 42.3 Å². The number of hydrogen-bond acceptors (Lipinski definition) is 6. The molecule has 0 spiro atoms. The Morgan fingerprint density at radius 3 is 2.64 bits per heavy atom. The molecule has 0 saturated carbocycles. The van der Waals surface area contributed by atoms with E-state index in [2.05, 4.69) is 27.5 Å². The summed E-state index contributed by atoms with van der Waals surface area (Å²) >= 11 is 7.42. The molecule has 148 valence electrons. The minimum atomic E-state index is -0.560. The van der Waals surface area contributed by atoms with Crippen LogP contribution < -0.4 is 15.0 Å². The second-order valence-electron chi connectivity index (χ2n) is 6.91. The van der Waals surface area contributed by atoms with E-state index in [4.69, 9.17) is 21.2 Å². The van der Waals surface area contributed by atoms with Crippen LogP contribution in [0.3, 0.4) is 0 Å². The Hall–Kier alpha value is -2.25. The zero-order valence-corrected chi connectivity index (χ0v) is 17.1. The molecule has 0 radical (unpaired) electrons. The lowest BCUT2D eigenvalue weighted by Crippen LogP contribution is -2.47. The van der Waals surface area contributed by atoms with Crippen molar-refractivity contribution in [1.82, 2.24) is 5.32 Å².